The maximum atomic E-state index is 12.9. The molecule has 6 nitrogen and oxygen atoms in total. The smallest absolute Gasteiger partial charge is 0.306 e. The summed E-state index contributed by atoms with van der Waals surface area (Å²) in [5, 5.41) is 0. The van der Waals surface area contributed by atoms with Crippen molar-refractivity contribution in [3.8, 4) is 0 Å². The molecule has 0 aromatic carbocycles. The summed E-state index contributed by atoms with van der Waals surface area (Å²) in [4.78, 5) is 38.2. The maximum absolute atomic E-state index is 12.9. The molecule has 0 spiro atoms. The quantitative estimate of drug-likeness (QED) is 0.0261. The van der Waals surface area contributed by atoms with Gasteiger partial charge in [-0.25, -0.2) is 0 Å². The number of hydrogen-bond acceptors (Lipinski definition) is 6. The minimum absolute atomic E-state index is 0.0769. The molecule has 0 saturated carbocycles. The lowest BCUT2D eigenvalue weighted by atomic mass is 10.0. The van der Waals surface area contributed by atoms with Gasteiger partial charge in [0.15, 0.2) is 6.10 Å². The predicted molar refractivity (Wildman–Crippen MR) is 335 cm³/mol. The third kappa shape index (κ3) is 64.3. The van der Waals surface area contributed by atoms with Crippen LogP contribution in [0.2, 0.25) is 0 Å². The molecule has 0 radical (unpaired) electrons. The van der Waals surface area contributed by atoms with Gasteiger partial charge in [0.2, 0.25) is 0 Å². The van der Waals surface area contributed by atoms with Crippen LogP contribution in [0.25, 0.3) is 0 Å². The summed E-state index contributed by atoms with van der Waals surface area (Å²) in [5.41, 5.74) is 0. The molecule has 0 aliphatic carbocycles. The van der Waals surface area contributed by atoms with Gasteiger partial charge in [0, 0.05) is 19.3 Å². The lowest BCUT2D eigenvalue weighted by Crippen LogP contribution is -2.30. The number of carbonyl (C=O) groups excluding carboxylic acids is 3. The van der Waals surface area contributed by atoms with Crippen LogP contribution in [-0.4, -0.2) is 37.2 Å². The molecular weight excluding hydrogens is 949 g/mol. The Kier molecular flexibility index (Phi) is 64.1. The molecule has 0 saturated heterocycles. The standard InChI is InChI=1S/C71H132O6/c1-4-7-10-13-16-19-22-24-26-27-28-29-30-31-32-33-34-35-36-37-38-39-40-41-42-43-44-45-47-49-52-55-58-61-64-70(73)76-67-68(66-75-69(72)63-60-57-54-51-48-21-18-15-12-9-6-3)77-71(74)65-62-59-56-53-50-46-25-23-20-17-14-11-8-5-2/h14-15,17-18,23,25,68H,4-13,16,19-22,24,26-67H2,1-3H3/b17-14-,18-15-,25-23-. The summed E-state index contributed by atoms with van der Waals surface area (Å²) < 4.78 is 16.9. The molecule has 0 N–H and O–H groups in total. The van der Waals surface area contributed by atoms with Gasteiger partial charge in [0.05, 0.1) is 0 Å². The first kappa shape index (κ1) is 74.6. The summed E-state index contributed by atoms with van der Waals surface area (Å²) >= 11 is 0. The lowest BCUT2D eigenvalue weighted by Gasteiger charge is -2.18. The Morgan fingerprint density at radius 1 is 0.260 bits per heavy atom. The van der Waals surface area contributed by atoms with Crippen LogP contribution in [-0.2, 0) is 28.6 Å². The molecule has 0 aliphatic rings. The van der Waals surface area contributed by atoms with Crippen molar-refractivity contribution in [1.82, 2.24) is 0 Å². The molecule has 0 amide bonds. The Balaban J connectivity index is 4.00. The van der Waals surface area contributed by atoms with Gasteiger partial charge in [0.1, 0.15) is 13.2 Å². The van der Waals surface area contributed by atoms with E-state index in [2.05, 4.69) is 57.2 Å². The fourth-order valence-corrected chi connectivity index (χ4v) is 10.4. The van der Waals surface area contributed by atoms with Gasteiger partial charge in [-0.15, -0.1) is 0 Å². The van der Waals surface area contributed by atoms with Gasteiger partial charge in [0.25, 0.3) is 0 Å². The molecule has 0 heterocycles. The van der Waals surface area contributed by atoms with Crippen LogP contribution in [0.5, 0.6) is 0 Å². The number of rotatable bonds is 64. The number of ether oxygens (including phenoxy) is 3. The highest BCUT2D eigenvalue weighted by atomic mass is 16.6. The van der Waals surface area contributed by atoms with E-state index in [0.717, 1.165) is 89.9 Å². The van der Waals surface area contributed by atoms with Crippen LogP contribution in [0.15, 0.2) is 36.5 Å². The van der Waals surface area contributed by atoms with Crippen molar-refractivity contribution < 1.29 is 28.6 Å². The van der Waals surface area contributed by atoms with E-state index in [1.807, 2.05) is 0 Å². The van der Waals surface area contributed by atoms with Crippen molar-refractivity contribution in [2.24, 2.45) is 0 Å². The summed E-state index contributed by atoms with van der Waals surface area (Å²) in [7, 11) is 0. The molecule has 0 aromatic heterocycles. The zero-order valence-corrected chi connectivity index (χ0v) is 52.0. The van der Waals surface area contributed by atoms with Crippen LogP contribution in [0, 0.1) is 0 Å². The highest BCUT2D eigenvalue weighted by Crippen LogP contribution is 2.19. The van der Waals surface area contributed by atoms with Gasteiger partial charge in [-0.1, -0.05) is 333 Å². The minimum atomic E-state index is -0.780. The lowest BCUT2D eigenvalue weighted by molar-refractivity contribution is -0.167. The molecule has 6 heteroatoms. The fourth-order valence-electron chi connectivity index (χ4n) is 10.4. The maximum Gasteiger partial charge on any atom is 0.306 e. The number of hydrogen-bond donors (Lipinski definition) is 0. The molecule has 1 atom stereocenters. The number of allylic oxidation sites excluding steroid dienone is 6. The van der Waals surface area contributed by atoms with Gasteiger partial charge < -0.3 is 14.2 Å². The van der Waals surface area contributed by atoms with E-state index >= 15 is 0 Å². The van der Waals surface area contributed by atoms with Crippen LogP contribution in [0.1, 0.15) is 380 Å². The summed E-state index contributed by atoms with van der Waals surface area (Å²) in [6.45, 7) is 6.60. The molecule has 0 aromatic rings. The highest BCUT2D eigenvalue weighted by molar-refractivity contribution is 5.71. The third-order valence-electron chi connectivity index (χ3n) is 15.6. The molecule has 452 valence electrons. The topological polar surface area (TPSA) is 78.9 Å². The molecule has 1 unspecified atom stereocenters. The Hall–Kier alpha value is -2.37. The third-order valence-corrected chi connectivity index (χ3v) is 15.6. The van der Waals surface area contributed by atoms with E-state index in [0.29, 0.717) is 19.3 Å². The molecule has 0 fully saturated rings. The van der Waals surface area contributed by atoms with Gasteiger partial charge >= 0.3 is 17.9 Å². The largest absolute Gasteiger partial charge is 0.462 e. The Labute approximate surface area is 480 Å². The molecular formula is C71H132O6. The van der Waals surface area contributed by atoms with Crippen LogP contribution in [0.3, 0.4) is 0 Å². The first-order valence-electron chi connectivity index (χ1n) is 34.5. The first-order chi connectivity index (χ1) is 38.0. The second kappa shape index (κ2) is 66.1. The normalized spacial score (nSPS) is 12.2. The van der Waals surface area contributed by atoms with Crippen LogP contribution < -0.4 is 0 Å². The number of unbranched alkanes of at least 4 members (excludes halogenated alkanes) is 47. The predicted octanol–water partition coefficient (Wildman–Crippen LogP) is 23.6. The van der Waals surface area contributed by atoms with Gasteiger partial charge in [-0.3, -0.25) is 14.4 Å². The Morgan fingerprint density at radius 2 is 0.481 bits per heavy atom. The second-order valence-corrected chi connectivity index (χ2v) is 23.4. The molecule has 0 aliphatic heterocycles. The van der Waals surface area contributed by atoms with Crippen molar-refractivity contribution in [1.29, 1.82) is 0 Å². The number of esters is 3. The minimum Gasteiger partial charge on any atom is -0.462 e. The molecule has 0 bridgehead atoms. The van der Waals surface area contributed by atoms with Crippen molar-refractivity contribution in [2.45, 2.75) is 386 Å². The summed E-state index contributed by atoms with van der Waals surface area (Å²) in [6, 6.07) is 0. The number of carbonyl (C=O) groups is 3. The van der Waals surface area contributed by atoms with E-state index < -0.39 is 6.10 Å². The Morgan fingerprint density at radius 3 is 0.766 bits per heavy atom. The summed E-state index contributed by atoms with van der Waals surface area (Å²) in [5.74, 6) is -0.882. The van der Waals surface area contributed by atoms with Crippen molar-refractivity contribution in [3.05, 3.63) is 36.5 Å². The van der Waals surface area contributed by atoms with Gasteiger partial charge in [-0.2, -0.15) is 0 Å². The van der Waals surface area contributed by atoms with E-state index in [-0.39, 0.29) is 31.1 Å². The Bertz CT molecular complexity index is 1290. The van der Waals surface area contributed by atoms with E-state index in [4.69, 9.17) is 14.2 Å². The zero-order chi connectivity index (χ0) is 55.7. The average Bonchev–Trinajstić information content (AvgIpc) is 3.43. The van der Waals surface area contributed by atoms with Crippen LogP contribution in [0.4, 0.5) is 0 Å². The van der Waals surface area contributed by atoms with E-state index in [1.54, 1.807) is 0 Å². The summed E-state index contributed by atoms with van der Waals surface area (Å²) in [6.07, 6.45) is 82.1. The SMILES string of the molecule is CCCC/C=C\C/C=C\CCCCCCCC(=O)OC(COC(=O)CCCCCCC/C=C\CCCC)COC(=O)CCCCCCCCCCCCCCCCCCCCCCCCCCCCCCCCCCCC. The zero-order valence-electron chi connectivity index (χ0n) is 52.0. The van der Waals surface area contributed by atoms with Crippen molar-refractivity contribution in [3.63, 3.8) is 0 Å². The van der Waals surface area contributed by atoms with Crippen molar-refractivity contribution >= 4 is 17.9 Å². The van der Waals surface area contributed by atoms with Crippen molar-refractivity contribution in [2.75, 3.05) is 13.2 Å². The van der Waals surface area contributed by atoms with E-state index in [9.17, 15) is 14.4 Å². The monoisotopic (exact) mass is 1080 g/mol. The van der Waals surface area contributed by atoms with E-state index in [1.165, 1.54) is 250 Å². The molecule has 0 rings (SSSR count). The van der Waals surface area contributed by atoms with Crippen LogP contribution >= 0.6 is 0 Å². The molecule has 77 heavy (non-hydrogen) atoms. The first-order valence-corrected chi connectivity index (χ1v) is 34.5. The van der Waals surface area contributed by atoms with Gasteiger partial charge in [-0.05, 0) is 64.2 Å². The average molecular weight is 1080 g/mol. The highest BCUT2D eigenvalue weighted by Gasteiger charge is 2.19. The second-order valence-electron chi connectivity index (χ2n) is 23.4. The fraction of sp³-hybridized carbons (Fsp3) is 0.873.